The second-order valence-corrected chi connectivity index (χ2v) is 8.23. The van der Waals surface area contributed by atoms with Gasteiger partial charge in [0.2, 0.25) is 0 Å². The molecule has 1 aromatic heterocycles. The maximum Gasteiger partial charge on any atom is 0.191 e. The van der Waals surface area contributed by atoms with E-state index in [-0.39, 0.29) is 17.8 Å². The third-order valence-electron chi connectivity index (χ3n) is 5.46. The van der Waals surface area contributed by atoms with Gasteiger partial charge in [0.15, 0.2) is 5.96 Å². The maximum absolute atomic E-state index is 14.0. The molecular formula is C21H27FN4OS. The van der Waals surface area contributed by atoms with E-state index < -0.39 is 0 Å². The van der Waals surface area contributed by atoms with Crippen molar-refractivity contribution in [1.82, 2.24) is 15.5 Å². The van der Waals surface area contributed by atoms with Crippen molar-refractivity contribution >= 4 is 17.3 Å². The van der Waals surface area contributed by atoms with Crippen LogP contribution in [0.2, 0.25) is 0 Å². The molecular weight excluding hydrogens is 375 g/mol. The normalized spacial score (nSPS) is 24.0. The Kier molecular flexibility index (Phi) is 6.24. The number of hydrogen-bond acceptors (Lipinski definition) is 4. The van der Waals surface area contributed by atoms with Crippen LogP contribution in [0.4, 0.5) is 4.39 Å². The van der Waals surface area contributed by atoms with E-state index in [1.165, 1.54) is 10.9 Å². The van der Waals surface area contributed by atoms with Crippen LogP contribution in [-0.2, 0) is 4.74 Å². The minimum Gasteiger partial charge on any atom is -0.379 e. The zero-order valence-corrected chi connectivity index (χ0v) is 16.9. The van der Waals surface area contributed by atoms with Crippen molar-refractivity contribution in [3.8, 4) is 0 Å². The largest absolute Gasteiger partial charge is 0.379 e. The summed E-state index contributed by atoms with van der Waals surface area (Å²) in [7, 11) is 1.78. The predicted molar refractivity (Wildman–Crippen MR) is 111 cm³/mol. The number of guanidine groups is 1. The monoisotopic (exact) mass is 402 g/mol. The Labute approximate surface area is 169 Å². The molecule has 2 aromatic rings. The van der Waals surface area contributed by atoms with E-state index in [4.69, 9.17) is 4.74 Å². The zero-order valence-electron chi connectivity index (χ0n) is 16.1. The van der Waals surface area contributed by atoms with Gasteiger partial charge in [0.05, 0.1) is 19.3 Å². The lowest BCUT2D eigenvalue weighted by Gasteiger charge is -2.34. The first-order valence-corrected chi connectivity index (χ1v) is 10.7. The Morgan fingerprint density at radius 2 is 2.11 bits per heavy atom. The van der Waals surface area contributed by atoms with Gasteiger partial charge in [-0.05, 0) is 29.5 Å². The highest BCUT2D eigenvalue weighted by Crippen LogP contribution is 2.41. The van der Waals surface area contributed by atoms with Crippen LogP contribution in [0.1, 0.15) is 28.8 Å². The topological polar surface area (TPSA) is 48.9 Å². The average molecular weight is 403 g/mol. The molecule has 1 aliphatic heterocycles. The lowest BCUT2D eigenvalue weighted by Crippen LogP contribution is -2.46. The summed E-state index contributed by atoms with van der Waals surface area (Å²) in [6.45, 7) is 4.21. The minimum atomic E-state index is -0.121. The summed E-state index contributed by atoms with van der Waals surface area (Å²) in [6, 6.07) is 11.9. The molecule has 1 aliphatic carbocycles. The maximum atomic E-state index is 14.0. The summed E-state index contributed by atoms with van der Waals surface area (Å²) in [6.07, 6.45) is 0.930. The van der Waals surface area contributed by atoms with Crippen LogP contribution in [0.5, 0.6) is 0 Å². The van der Waals surface area contributed by atoms with Gasteiger partial charge in [0, 0.05) is 43.5 Å². The number of thiophene rings is 1. The SMILES string of the molecule is CN=C(NCC(c1cccs1)N1CCOCC1)NC1CC1c1ccccc1F. The Morgan fingerprint density at radius 1 is 1.29 bits per heavy atom. The van der Waals surface area contributed by atoms with Crippen LogP contribution in [0.25, 0.3) is 0 Å². The number of rotatable bonds is 6. The standard InChI is InChI=1S/C21H27FN4OS/c1-23-21(25-18-13-16(18)15-5-2-3-6-17(15)22)24-14-19(20-7-4-12-28-20)26-8-10-27-11-9-26/h2-7,12,16,18-19H,8-11,13-14H2,1H3,(H2,23,24,25). The van der Waals surface area contributed by atoms with Crippen molar-refractivity contribution in [3.63, 3.8) is 0 Å². The number of benzene rings is 1. The van der Waals surface area contributed by atoms with Crippen molar-refractivity contribution in [2.45, 2.75) is 24.4 Å². The molecule has 0 radical (unpaired) electrons. The van der Waals surface area contributed by atoms with E-state index in [0.717, 1.165) is 50.8 Å². The second kappa shape index (κ2) is 9.03. The molecule has 7 heteroatoms. The second-order valence-electron chi connectivity index (χ2n) is 7.25. The fraction of sp³-hybridized carbons (Fsp3) is 0.476. The summed E-state index contributed by atoms with van der Waals surface area (Å²) in [5.41, 5.74) is 0.792. The number of nitrogens with one attached hydrogen (secondary N) is 2. The Bertz CT molecular complexity index is 791. The summed E-state index contributed by atoms with van der Waals surface area (Å²) in [5, 5.41) is 9.06. The van der Waals surface area contributed by atoms with Crippen molar-refractivity contribution in [1.29, 1.82) is 0 Å². The number of ether oxygens (including phenoxy) is 1. The molecule has 3 unspecified atom stereocenters. The molecule has 150 valence electrons. The van der Waals surface area contributed by atoms with E-state index in [1.54, 1.807) is 24.5 Å². The fourth-order valence-electron chi connectivity index (χ4n) is 3.82. The number of halogens is 1. The third-order valence-corrected chi connectivity index (χ3v) is 6.44. The predicted octanol–water partition coefficient (Wildman–Crippen LogP) is 2.98. The van der Waals surface area contributed by atoms with Gasteiger partial charge >= 0.3 is 0 Å². The highest BCUT2D eigenvalue weighted by molar-refractivity contribution is 7.10. The molecule has 0 bridgehead atoms. The van der Waals surface area contributed by atoms with Gasteiger partial charge in [-0.1, -0.05) is 24.3 Å². The quantitative estimate of drug-likeness (QED) is 0.576. The van der Waals surface area contributed by atoms with E-state index in [0.29, 0.717) is 6.04 Å². The molecule has 1 saturated heterocycles. The van der Waals surface area contributed by atoms with Gasteiger partial charge in [-0.15, -0.1) is 11.3 Å². The summed E-state index contributed by atoms with van der Waals surface area (Å²) in [4.78, 5) is 8.19. The number of aliphatic imine (C=N–C) groups is 1. The number of hydrogen-bond donors (Lipinski definition) is 2. The molecule has 3 atom stereocenters. The molecule has 4 rings (SSSR count). The lowest BCUT2D eigenvalue weighted by molar-refractivity contribution is 0.0177. The van der Waals surface area contributed by atoms with Crippen LogP contribution in [0, 0.1) is 5.82 Å². The molecule has 2 heterocycles. The lowest BCUT2D eigenvalue weighted by atomic mass is 10.1. The van der Waals surface area contributed by atoms with Crippen LogP contribution in [0.15, 0.2) is 46.8 Å². The van der Waals surface area contributed by atoms with Crippen LogP contribution >= 0.6 is 11.3 Å². The molecule has 1 saturated carbocycles. The molecule has 5 nitrogen and oxygen atoms in total. The molecule has 2 N–H and O–H groups in total. The first kappa shape index (κ1) is 19.4. The number of morpholine rings is 1. The Morgan fingerprint density at radius 3 is 2.82 bits per heavy atom. The Hall–Kier alpha value is -1.96. The fourth-order valence-corrected chi connectivity index (χ4v) is 4.68. The third kappa shape index (κ3) is 4.54. The highest BCUT2D eigenvalue weighted by atomic mass is 32.1. The van der Waals surface area contributed by atoms with E-state index >= 15 is 0 Å². The van der Waals surface area contributed by atoms with Crippen LogP contribution in [0.3, 0.4) is 0 Å². The average Bonchev–Trinajstić information content (AvgIpc) is 3.27. The van der Waals surface area contributed by atoms with Gasteiger partial charge in [0.25, 0.3) is 0 Å². The smallest absolute Gasteiger partial charge is 0.191 e. The first-order valence-electron chi connectivity index (χ1n) is 9.83. The van der Waals surface area contributed by atoms with Crippen molar-refractivity contribution in [2.75, 3.05) is 39.9 Å². The van der Waals surface area contributed by atoms with Crippen LogP contribution < -0.4 is 10.6 Å². The van der Waals surface area contributed by atoms with E-state index in [1.807, 2.05) is 12.1 Å². The van der Waals surface area contributed by atoms with Gasteiger partial charge in [0.1, 0.15) is 5.82 Å². The van der Waals surface area contributed by atoms with Crippen LogP contribution in [-0.4, -0.2) is 56.8 Å². The molecule has 28 heavy (non-hydrogen) atoms. The summed E-state index contributed by atoms with van der Waals surface area (Å²) in [5.74, 6) is 0.871. The Balaban J connectivity index is 1.35. The van der Waals surface area contributed by atoms with Gasteiger partial charge in [-0.3, -0.25) is 9.89 Å². The van der Waals surface area contributed by atoms with Crippen molar-refractivity contribution < 1.29 is 9.13 Å². The van der Waals surface area contributed by atoms with E-state index in [2.05, 4.69) is 38.0 Å². The van der Waals surface area contributed by atoms with Crippen molar-refractivity contribution in [2.24, 2.45) is 4.99 Å². The molecule has 0 amide bonds. The zero-order chi connectivity index (χ0) is 19.3. The summed E-state index contributed by atoms with van der Waals surface area (Å²) >= 11 is 1.79. The van der Waals surface area contributed by atoms with E-state index in [9.17, 15) is 4.39 Å². The van der Waals surface area contributed by atoms with Gasteiger partial charge in [-0.25, -0.2) is 4.39 Å². The molecule has 2 fully saturated rings. The molecule has 1 aromatic carbocycles. The van der Waals surface area contributed by atoms with Crippen molar-refractivity contribution in [3.05, 3.63) is 58.0 Å². The van der Waals surface area contributed by atoms with Gasteiger partial charge < -0.3 is 15.4 Å². The molecule has 0 spiro atoms. The first-order chi connectivity index (χ1) is 13.8. The summed E-state index contributed by atoms with van der Waals surface area (Å²) < 4.78 is 19.5. The molecule has 2 aliphatic rings. The minimum absolute atomic E-state index is 0.121. The number of nitrogens with zero attached hydrogens (tertiary/aromatic N) is 2. The highest BCUT2D eigenvalue weighted by Gasteiger charge is 2.40. The van der Waals surface area contributed by atoms with Gasteiger partial charge in [-0.2, -0.15) is 0 Å².